The molecule has 3 heteroatoms. The minimum atomic E-state index is -0.0194. The zero-order valence-electron chi connectivity index (χ0n) is 11.7. The van der Waals surface area contributed by atoms with Gasteiger partial charge in [-0.3, -0.25) is 0 Å². The summed E-state index contributed by atoms with van der Waals surface area (Å²) >= 11 is 0. The lowest BCUT2D eigenvalue weighted by Crippen LogP contribution is -2.15. The molecule has 3 fully saturated rings. The summed E-state index contributed by atoms with van der Waals surface area (Å²) < 4.78 is 16.9. The predicted octanol–water partition coefficient (Wildman–Crippen LogP) is 2.84. The lowest BCUT2D eigenvalue weighted by Gasteiger charge is -2.07. The fraction of sp³-hybridized carbons (Fsp3) is 0.867. The standard InChI is InChI=1S/C15H24O3/c1-5-15(10-16-15)9-7-12-14(4,18-12)8-6-11-13(2,3)17-11/h5,11-12H,1,6-10H2,2-4H3. The summed E-state index contributed by atoms with van der Waals surface area (Å²) in [7, 11) is 0. The molecule has 3 aliphatic rings. The minimum Gasteiger partial charge on any atom is -0.367 e. The number of ether oxygens (including phenoxy) is 3. The molecule has 0 N–H and O–H groups in total. The van der Waals surface area contributed by atoms with Crippen molar-refractivity contribution >= 4 is 0 Å². The Morgan fingerprint density at radius 1 is 1.11 bits per heavy atom. The third kappa shape index (κ3) is 2.36. The van der Waals surface area contributed by atoms with Gasteiger partial charge in [0.05, 0.1) is 30.0 Å². The summed E-state index contributed by atoms with van der Waals surface area (Å²) in [4.78, 5) is 0. The van der Waals surface area contributed by atoms with E-state index in [4.69, 9.17) is 14.2 Å². The average Bonchev–Trinajstić information content (AvgIpc) is 3.20. The molecule has 3 aliphatic heterocycles. The van der Waals surface area contributed by atoms with Gasteiger partial charge in [0.2, 0.25) is 0 Å². The second-order valence-electron chi connectivity index (χ2n) is 6.76. The Labute approximate surface area is 109 Å². The van der Waals surface area contributed by atoms with Crippen LogP contribution in [0, 0.1) is 0 Å². The van der Waals surface area contributed by atoms with Gasteiger partial charge in [-0.2, -0.15) is 0 Å². The van der Waals surface area contributed by atoms with Crippen LogP contribution < -0.4 is 0 Å². The van der Waals surface area contributed by atoms with E-state index in [0.717, 1.165) is 32.3 Å². The van der Waals surface area contributed by atoms with Crippen molar-refractivity contribution in [3.8, 4) is 0 Å². The topological polar surface area (TPSA) is 37.6 Å². The molecule has 0 aliphatic carbocycles. The van der Waals surface area contributed by atoms with Crippen LogP contribution in [-0.4, -0.2) is 35.6 Å². The lowest BCUT2D eigenvalue weighted by molar-refractivity contribution is 0.270. The van der Waals surface area contributed by atoms with E-state index in [1.807, 2.05) is 6.08 Å². The maximum atomic E-state index is 5.87. The van der Waals surface area contributed by atoms with Gasteiger partial charge >= 0.3 is 0 Å². The average molecular weight is 252 g/mol. The Bertz CT molecular complexity index is 359. The van der Waals surface area contributed by atoms with Gasteiger partial charge in [-0.05, 0) is 46.5 Å². The summed E-state index contributed by atoms with van der Waals surface area (Å²) in [6.07, 6.45) is 7.12. The quantitative estimate of drug-likeness (QED) is 0.516. The highest BCUT2D eigenvalue weighted by atomic mass is 16.6. The van der Waals surface area contributed by atoms with Crippen molar-refractivity contribution < 1.29 is 14.2 Å². The van der Waals surface area contributed by atoms with Gasteiger partial charge < -0.3 is 14.2 Å². The van der Waals surface area contributed by atoms with Crippen LogP contribution in [0.3, 0.4) is 0 Å². The van der Waals surface area contributed by atoms with Gasteiger partial charge in [-0.25, -0.2) is 0 Å². The zero-order valence-corrected chi connectivity index (χ0v) is 11.7. The highest BCUT2D eigenvalue weighted by Gasteiger charge is 2.55. The SMILES string of the molecule is C=CC1(CCC2OC2(C)CCC2OC2(C)C)CO1. The summed E-state index contributed by atoms with van der Waals surface area (Å²) in [5, 5.41) is 0. The molecule has 18 heavy (non-hydrogen) atoms. The van der Waals surface area contributed by atoms with Crippen LogP contribution in [0.1, 0.15) is 46.5 Å². The van der Waals surface area contributed by atoms with Crippen LogP contribution in [0.15, 0.2) is 12.7 Å². The molecular weight excluding hydrogens is 228 g/mol. The monoisotopic (exact) mass is 252 g/mol. The van der Waals surface area contributed by atoms with Gasteiger partial charge in [-0.15, -0.1) is 6.58 Å². The predicted molar refractivity (Wildman–Crippen MR) is 69.6 cm³/mol. The Kier molecular flexibility index (Phi) is 2.68. The van der Waals surface area contributed by atoms with Crippen LogP contribution in [0.2, 0.25) is 0 Å². The summed E-state index contributed by atoms with van der Waals surface area (Å²) in [6, 6.07) is 0. The van der Waals surface area contributed by atoms with Crippen LogP contribution in [0.25, 0.3) is 0 Å². The molecule has 102 valence electrons. The van der Waals surface area contributed by atoms with Crippen molar-refractivity contribution in [1.82, 2.24) is 0 Å². The fourth-order valence-electron chi connectivity index (χ4n) is 2.86. The Morgan fingerprint density at radius 2 is 1.72 bits per heavy atom. The fourth-order valence-corrected chi connectivity index (χ4v) is 2.86. The van der Waals surface area contributed by atoms with Crippen LogP contribution in [-0.2, 0) is 14.2 Å². The first kappa shape index (κ1) is 12.6. The minimum absolute atomic E-state index is 0.0194. The second kappa shape index (κ2) is 3.81. The first-order valence-corrected chi connectivity index (χ1v) is 7.02. The Morgan fingerprint density at radius 3 is 2.22 bits per heavy atom. The highest BCUT2D eigenvalue weighted by molar-refractivity contribution is 5.09. The third-order valence-electron chi connectivity index (χ3n) is 4.82. The Balaban J connectivity index is 1.38. The molecule has 4 atom stereocenters. The van der Waals surface area contributed by atoms with Crippen molar-refractivity contribution in [1.29, 1.82) is 0 Å². The zero-order chi connectivity index (χ0) is 13.0. The van der Waals surface area contributed by atoms with Crippen molar-refractivity contribution in [2.75, 3.05) is 6.61 Å². The summed E-state index contributed by atoms with van der Waals surface area (Å²) in [5.41, 5.74) is 0.170. The normalized spacial score (nSPS) is 47.7. The maximum absolute atomic E-state index is 5.87. The number of hydrogen-bond acceptors (Lipinski definition) is 3. The summed E-state index contributed by atoms with van der Waals surface area (Å²) in [5.74, 6) is 0. The molecular formula is C15H24O3. The molecule has 0 aromatic rings. The molecule has 0 bridgehead atoms. The number of rotatable bonds is 7. The molecule has 3 nitrogen and oxygen atoms in total. The van der Waals surface area contributed by atoms with Crippen molar-refractivity contribution in [2.45, 2.75) is 75.5 Å². The molecule has 0 spiro atoms. The van der Waals surface area contributed by atoms with Crippen molar-refractivity contribution in [2.24, 2.45) is 0 Å². The van der Waals surface area contributed by atoms with Gasteiger partial charge in [0.25, 0.3) is 0 Å². The van der Waals surface area contributed by atoms with Gasteiger partial charge in [0.1, 0.15) is 5.60 Å². The first-order valence-electron chi connectivity index (χ1n) is 7.02. The maximum Gasteiger partial charge on any atom is 0.109 e. The van der Waals surface area contributed by atoms with E-state index >= 15 is 0 Å². The molecule has 3 saturated heterocycles. The van der Waals surface area contributed by atoms with Gasteiger partial charge in [0.15, 0.2) is 0 Å². The van der Waals surface area contributed by atoms with E-state index in [1.165, 1.54) is 0 Å². The Hall–Kier alpha value is -0.380. The molecule has 0 aromatic carbocycles. The number of epoxide rings is 3. The van der Waals surface area contributed by atoms with E-state index < -0.39 is 0 Å². The molecule has 4 unspecified atom stereocenters. The molecule has 3 rings (SSSR count). The highest BCUT2D eigenvalue weighted by Crippen LogP contribution is 2.48. The van der Waals surface area contributed by atoms with E-state index in [2.05, 4.69) is 27.4 Å². The van der Waals surface area contributed by atoms with Gasteiger partial charge in [-0.1, -0.05) is 6.08 Å². The van der Waals surface area contributed by atoms with Gasteiger partial charge in [0, 0.05) is 0 Å². The molecule has 3 heterocycles. The smallest absolute Gasteiger partial charge is 0.109 e. The molecule has 0 aromatic heterocycles. The van der Waals surface area contributed by atoms with Crippen molar-refractivity contribution in [3.05, 3.63) is 12.7 Å². The van der Waals surface area contributed by atoms with Crippen molar-refractivity contribution in [3.63, 3.8) is 0 Å². The van der Waals surface area contributed by atoms with Crippen LogP contribution in [0.4, 0.5) is 0 Å². The van der Waals surface area contributed by atoms with E-state index in [1.54, 1.807) is 0 Å². The first-order chi connectivity index (χ1) is 8.39. The third-order valence-corrected chi connectivity index (χ3v) is 4.82. The number of hydrogen-bond donors (Lipinski definition) is 0. The summed E-state index contributed by atoms with van der Waals surface area (Å²) in [6.45, 7) is 11.2. The molecule has 0 saturated carbocycles. The van der Waals surface area contributed by atoms with E-state index in [0.29, 0.717) is 12.2 Å². The van der Waals surface area contributed by atoms with Crippen LogP contribution >= 0.6 is 0 Å². The van der Waals surface area contributed by atoms with E-state index in [-0.39, 0.29) is 16.8 Å². The molecule has 0 amide bonds. The lowest BCUT2D eigenvalue weighted by atomic mass is 9.93. The van der Waals surface area contributed by atoms with E-state index in [9.17, 15) is 0 Å². The van der Waals surface area contributed by atoms with Crippen LogP contribution in [0.5, 0.6) is 0 Å². The largest absolute Gasteiger partial charge is 0.367 e. The molecule has 0 radical (unpaired) electrons. The second-order valence-corrected chi connectivity index (χ2v) is 6.76.